The van der Waals surface area contributed by atoms with E-state index in [-0.39, 0.29) is 0 Å². The maximum absolute atomic E-state index is 4.56. The minimum absolute atomic E-state index is 0.397. The fourth-order valence-electron chi connectivity index (χ4n) is 4.73. The molecule has 2 saturated carbocycles. The van der Waals surface area contributed by atoms with Crippen molar-refractivity contribution in [2.24, 2.45) is 23.8 Å². The van der Waals surface area contributed by atoms with Crippen LogP contribution in [0, 0.1) is 16.7 Å². The van der Waals surface area contributed by atoms with Crippen molar-refractivity contribution in [2.75, 3.05) is 5.32 Å². The van der Waals surface area contributed by atoms with E-state index < -0.39 is 0 Å². The highest BCUT2D eigenvalue weighted by molar-refractivity contribution is 5.49. The summed E-state index contributed by atoms with van der Waals surface area (Å²) in [5, 5.41) is 8.42. The molecule has 0 radical (unpaired) electrons. The quantitative estimate of drug-likeness (QED) is 0.901. The largest absolute Gasteiger partial charge is 0.378 e. The Bertz CT molecular complexity index is 483. The van der Waals surface area contributed by atoms with E-state index in [1.54, 1.807) is 0 Å². The summed E-state index contributed by atoms with van der Waals surface area (Å²) in [6.45, 7) is 9.55. The number of hydrogen-bond donors (Lipinski definition) is 1. The van der Waals surface area contributed by atoms with Crippen molar-refractivity contribution in [2.45, 2.75) is 59.4 Å². The highest BCUT2D eigenvalue weighted by Crippen LogP contribution is 2.63. The Kier molecular flexibility index (Phi) is 2.74. The van der Waals surface area contributed by atoms with Crippen LogP contribution in [0.25, 0.3) is 0 Å². The molecule has 0 amide bonds. The monoisotopic (exact) mass is 261 g/mol. The second-order valence-corrected chi connectivity index (χ2v) is 7.51. The summed E-state index contributed by atoms with van der Waals surface area (Å²) in [5.41, 5.74) is 3.31. The summed E-state index contributed by atoms with van der Waals surface area (Å²) in [6.07, 6.45) is 7.32. The molecule has 2 fully saturated rings. The van der Waals surface area contributed by atoms with Gasteiger partial charge in [-0.1, -0.05) is 27.7 Å². The number of nitrogens with zero attached hydrogens (tertiary/aromatic N) is 2. The summed E-state index contributed by atoms with van der Waals surface area (Å²) < 4.78 is 1.93. The van der Waals surface area contributed by atoms with Gasteiger partial charge in [0.25, 0.3) is 0 Å². The third-order valence-electron chi connectivity index (χ3n) is 5.81. The van der Waals surface area contributed by atoms with E-state index in [1.165, 1.54) is 30.6 Å². The smallest absolute Gasteiger partial charge is 0.0853 e. The fraction of sp³-hybridized carbons (Fsp3) is 0.812. The molecule has 3 nitrogen and oxygen atoms in total. The first-order valence-electron chi connectivity index (χ1n) is 7.66. The molecule has 2 aliphatic carbocycles. The van der Waals surface area contributed by atoms with Crippen LogP contribution >= 0.6 is 0 Å². The van der Waals surface area contributed by atoms with E-state index in [1.807, 2.05) is 11.7 Å². The van der Waals surface area contributed by atoms with E-state index in [0.29, 0.717) is 16.9 Å². The molecule has 0 aliphatic heterocycles. The van der Waals surface area contributed by atoms with Gasteiger partial charge in [0.05, 0.1) is 11.4 Å². The van der Waals surface area contributed by atoms with Crippen molar-refractivity contribution >= 4 is 5.69 Å². The van der Waals surface area contributed by atoms with Crippen molar-refractivity contribution in [3.05, 3.63) is 11.9 Å². The van der Waals surface area contributed by atoms with Gasteiger partial charge in [0.15, 0.2) is 0 Å². The van der Waals surface area contributed by atoms with Crippen LogP contribution < -0.4 is 5.32 Å². The molecule has 1 N–H and O–H groups in total. The molecule has 106 valence electrons. The molecular formula is C16H27N3. The molecule has 3 rings (SSSR count). The zero-order valence-corrected chi connectivity index (χ0v) is 13.0. The van der Waals surface area contributed by atoms with Crippen LogP contribution in [0.1, 0.15) is 52.7 Å². The standard InChI is InChI=1S/C16H27N3/c1-6-12-13(10-19(5)18-12)17-14-15(2,3)11-7-8-16(14,4)9-11/h10-11,14,17H,6-9H2,1-5H3. The highest BCUT2D eigenvalue weighted by Gasteiger charge is 2.59. The van der Waals surface area contributed by atoms with Crippen molar-refractivity contribution < 1.29 is 0 Å². The summed E-state index contributed by atoms with van der Waals surface area (Å²) in [5.74, 6) is 0.886. The molecule has 3 atom stereocenters. The number of nitrogens with one attached hydrogen (secondary N) is 1. The lowest BCUT2D eigenvalue weighted by atomic mass is 9.68. The normalized spacial score (nSPS) is 35.8. The van der Waals surface area contributed by atoms with Crippen molar-refractivity contribution in [1.29, 1.82) is 0 Å². The van der Waals surface area contributed by atoms with Gasteiger partial charge in [-0.2, -0.15) is 5.10 Å². The van der Waals surface area contributed by atoms with Gasteiger partial charge in [0.2, 0.25) is 0 Å². The maximum atomic E-state index is 4.56. The lowest BCUT2D eigenvalue weighted by Gasteiger charge is -2.43. The minimum atomic E-state index is 0.397. The van der Waals surface area contributed by atoms with Crippen molar-refractivity contribution in [3.63, 3.8) is 0 Å². The molecule has 3 unspecified atom stereocenters. The second-order valence-electron chi connectivity index (χ2n) is 7.51. The molecule has 2 bridgehead atoms. The number of aryl methyl sites for hydroxylation is 2. The molecule has 3 heteroatoms. The number of fused-ring (bicyclic) bond motifs is 2. The Morgan fingerprint density at radius 3 is 2.74 bits per heavy atom. The van der Waals surface area contributed by atoms with Gasteiger partial charge < -0.3 is 5.32 Å². The predicted octanol–water partition coefficient (Wildman–Crippen LogP) is 3.61. The van der Waals surface area contributed by atoms with Crippen LogP contribution in [-0.4, -0.2) is 15.8 Å². The van der Waals surface area contributed by atoms with Crippen LogP contribution in [0.4, 0.5) is 5.69 Å². The van der Waals surface area contributed by atoms with E-state index >= 15 is 0 Å². The van der Waals surface area contributed by atoms with Crippen molar-refractivity contribution in [1.82, 2.24) is 9.78 Å². The summed E-state index contributed by atoms with van der Waals surface area (Å²) in [6, 6.07) is 0.577. The molecule has 0 spiro atoms. The summed E-state index contributed by atoms with van der Waals surface area (Å²) in [4.78, 5) is 0. The summed E-state index contributed by atoms with van der Waals surface area (Å²) in [7, 11) is 2.01. The number of anilines is 1. The molecule has 1 aromatic heterocycles. The Morgan fingerprint density at radius 2 is 2.16 bits per heavy atom. The molecule has 2 aliphatic rings. The topological polar surface area (TPSA) is 29.9 Å². The van der Waals surface area contributed by atoms with Gasteiger partial charge in [0.1, 0.15) is 0 Å². The Hall–Kier alpha value is -0.990. The van der Waals surface area contributed by atoms with Crippen molar-refractivity contribution in [3.8, 4) is 0 Å². The zero-order chi connectivity index (χ0) is 13.8. The lowest BCUT2D eigenvalue weighted by Crippen LogP contribution is -2.45. The summed E-state index contributed by atoms with van der Waals surface area (Å²) >= 11 is 0. The first-order valence-corrected chi connectivity index (χ1v) is 7.66. The molecule has 19 heavy (non-hydrogen) atoms. The van der Waals surface area contributed by atoms with Gasteiger partial charge in [0, 0.05) is 19.3 Å². The first kappa shape index (κ1) is 13.0. The van der Waals surface area contributed by atoms with Gasteiger partial charge in [-0.05, 0) is 42.4 Å². The predicted molar refractivity (Wildman–Crippen MR) is 79.2 cm³/mol. The van der Waals surface area contributed by atoms with E-state index in [9.17, 15) is 0 Å². The third-order valence-corrected chi connectivity index (χ3v) is 5.81. The van der Waals surface area contributed by atoms with E-state index in [2.05, 4.69) is 44.3 Å². The minimum Gasteiger partial charge on any atom is -0.378 e. The fourth-order valence-corrected chi connectivity index (χ4v) is 4.73. The SMILES string of the molecule is CCc1nn(C)cc1NC1C2(C)CCC(C2)C1(C)C. The average Bonchev–Trinajstić information content (AvgIpc) is 2.93. The Morgan fingerprint density at radius 1 is 1.42 bits per heavy atom. The van der Waals surface area contributed by atoms with Crippen LogP contribution in [0.3, 0.4) is 0 Å². The maximum Gasteiger partial charge on any atom is 0.0853 e. The van der Waals surface area contributed by atoms with Gasteiger partial charge in [-0.15, -0.1) is 0 Å². The zero-order valence-electron chi connectivity index (χ0n) is 13.0. The Labute approximate surface area is 116 Å². The lowest BCUT2D eigenvalue weighted by molar-refractivity contribution is 0.155. The average molecular weight is 261 g/mol. The number of hydrogen-bond acceptors (Lipinski definition) is 2. The van der Waals surface area contributed by atoms with Gasteiger partial charge in [-0.3, -0.25) is 4.68 Å². The van der Waals surface area contributed by atoms with Gasteiger partial charge >= 0.3 is 0 Å². The molecule has 1 heterocycles. The number of rotatable bonds is 3. The molecule has 1 aromatic rings. The number of aromatic nitrogens is 2. The molecule has 0 saturated heterocycles. The third kappa shape index (κ3) is 1.81. The second kappa shape index (κ2) is 4.00. The van der Waals surface area contributed by atoms with Crippen LogP contribution in [0.2, 0.25) is 0 Å². The highest BCUT2D eigenvalue weighted by atomic mass is 15.3. The Balaban J connectivity index is 1.90. The van der Waals surface area contributed by atoms with E-state index in [4.69, 9.17) is 0 Å². The first-order chi connectivity index (χ1) is 8.87. The van der Waals surface area contributed by atoms with E-state index in [0.717, 1.165) is 12.3 Å². The van der Waals surface area contributed by atoms with Gasteiger partial charge in [-0.25, -0.2) is 0 Å². The van der Waals surface area contributed by atoms with Crippen LogP contribution in [0.15, 0.2) is 6.20 Å². The molecular weight excluding hydrogens is 234 g/mol. The molecule has 0 aromatic carbocycles. The van der Waals surface area contributed by atoms with Crippen LogP contribution in [0.5, 0.6) is 0 Å². The van der Waals surface area contributed by atoms with Crippen LogP contribution in [-0.2, 0) is 13.5 Å².